The van der Waals surface area contributed by atoms with Crippen molar-refractivity contribution in [3.05, 3.63) is 41.5 Å². The zero-order chi connectivity index (χ0) is 12.1. The average Bonchev–Trinajstić information content (AvgIpc) is 2.28. The van der Waals surface area contributed by atoms with E-state index >= 15 is 0 Å². The fraction of sp³-hybridized carbons (Fsp3) is 0.357. The van der Waals surface area contributed by atoms with Gasteiger partial charge in [-0.25, -0.2) is 0 Å². The Bertz CT molecular complexity index is 388. The van der Waals surface area contributed by atoms with Crippen LogP contribution >= 0.6 is 0 Å². The summed E-state index contributed by atoms with van der Waals surface area (Å²) in [5.74, 6) is -1.07. The monoisotopic (exact) mass is 218 g/mol. The maximum atomic E-state index is 10.7. The van der Waals surface area contributed by atoms with E-state index in [-0.39, 0.29) is 5.92 Å². The first-order valence-corrected chi connectivity index (χ1v) is 5.49. The molecule has 0 fully saturated rings. The highest BCUT2D eigenvalue weighted by Gasteiger charge is 2.11. The maximum absolute atomic E-state index is 10.7. The van der Waals surface area contributed by atoms with Gasteiger partial charge in [0.05, 0.1) is 5.92 Å². The molecule has 1 atom stereocenters. The van der Waals surface area contributed by atoms with E-state index < -0.39 is 5.97 Å². The minimum Gasteiger partial charge on any atom is -0.481 e. The molecule has 86 valence electrons. The van der Waals surface area contributed by atoms with Gasteiger partial charge in [0.25, 0.3) is 0 Å². The fourth-order valence-electron chi connectivity index (χ4n) is 1.51. The van der Waals surface area contributed by atoms with Gasteiger partial charge in [-0.15, -0.1) is 0 Å². The quantitative estimate of drug-likeness (QED) is 0.841. The van der Waals surface area contributed by atoms with Crippen LogP contribution in [0, 0.1) is 5.92 Å². The Morgan fingerprint density at radius 1 is 1.38 bits per heavy atom. The molecule has 16 heavy (non-hydrogen) atoms. The summed E-state index contributed by atoms with van der Waals surface area (Å²) in [4.78, 5) is 10.7. The molecule has 1 N–H and O–H groups in total. The second-order valence-corrected chi connectivity index (χ2v) is 4.11. The number of carboxylic acids is 1. The van der Waals surface area contributed by atoms with Gasteiger partial charge in [-0.2, -0.15) is 0 Å². The molecule has 0 radical (unpaired) electrons. The smallest absolute Gasteiger partial charge is 0.306 e. The molecule has 0 spiro atoms. The summed E-state index contributed by atoms with van der Waals surface area (Å²) < 4.78 is 0. The van der Waals surface area contributed by atoms with Gasteiger partial charge in [0.2, 0.25) is 0 Å². The third-order valence-corrected chi connectivity index (χ3v) is 2.81. The Kier molecular flexibility index (Phi) is 4.29. The number of hydrogen-bond donors (Lipinski definition) is 1. The average molecular weight is 218 g/mol. The standard InChI is InChI=1S/C14H18O2/c1-4-10(2)13-7-5-12(6-8-13)9-11(3)14(15)16/h4-8,11H,9H2,1-3H3,(H,15,16)/b10-4+. The number of benzene rings is 1. The van der Waals surface area contributed by atoms with Gasteiger partial charge in [-0.05, 0) is 37.0 Å². The Balaban J connectivity index is 2.76. The van der Waals surface area contributed by atoms with Gasteiger partial charge < -0.3 is 5.11 Å². The third-order valence-electron chi connectivity index (χ3n) is 2.81. The number of hydrogen-bond acceptors (Lipinski definition) is 1. The Hall–Kier alpha value is -1.57. The Morgan fingerprint density at radius 2 is 1.94 bits per heavy atom. The molecule has 2 nitrogen and oxygen atoms in total. The molecule has 1 unspecified atom stereocenters. The molecular formula is C14H18O2. The molecule has 0 saturated heterocycles. The van der Waals surface area contributed by atoms with E-state index in [2.05, 4.69) is 13.0 Å². The number of carbonyl (C=O) groups is 1. The fourth-order valence-corrected chi connectivity index (χ4v) is 1.51. The zero-order valence-electron chi connectivity index (χ0n) is 10.0. The summed E-state index contributed by atoms with van der Waals surface area (Å²) in [6.07, 6.45) is 2.65. The van der Waals surface area contributed by atoms with Crippen molar-refractivity contribution in [2.75, 3.05) is 0 Å². The minimum absolute atomic E-state index is 0.325. The van der Waals surface area contributed by atoms with Gasteiger partial charge in [0.1, 0.15) is 0 Å². The summed E-state index contributed by atoms with van der Waals surface area (Å²) in [7, 11) is 0. The number of aliphatic carboxylic acids is 1. The zero-order valence-corrected chi connectivity index (χ0v) is 10.0. The van der Waals surface area contributed by atoms with Gasteiger partial charge in [-0.1, -0.05) is 37.3 Å². The molecule has 0 aliphatic heterocycles. The summed E-state index contributed by atoms with van der Waals surface area (Å²) in [5.41, 5.74) is 3.50. The minimum atomic E-state index is -0.742. The lowest BCUT2D eigenvalue weighted by Crippen LogP contribution is -2.12. The summed E-state index contributed by atoms with van der Waals surface area (Å²) in [6.45, 7) is 5.80. The van der Waals surface area contributed by atoms with Gasteiger partial charge in [0, 0.05) is 0 Å². The molecular weight excluding hydrogens is 200 g/mol. The second-order valence-electron chi connectivity index (χ2n) is 4.11. The molecule has 0 aliphatic carbocycles. The van der Waals surface area contributed by atoms with Crippen molar-refractivity contribution >= 4 is 11.5 Å². The van der Waals surface area contributed by atoms with Crippen molar-refractivity contribution in [3.8, 4) is 0 Å². The summed E-state index contributed by atoms with van der Waals surface area (Å²) >= 11 is 0. The predicted octanol–water partition coefficient (Wildman–Crippen LogP) is 3.37. The molecule has 2 heteroatoms. The maximum Gasteiger partial charge on any atom is 0.306 e. The SMILES string of the molecule is C/C=C(\C)c1ccc(CC(C)C(=O)O)cc1. The van der Waals surface area contributed by atoms with E-state index in [1.54, 1.807) is 6.92 Å². The van der Waals surface area contributed by atoms with Crippen LogP contribution in [-0.2, 0) is 11.2 Å². The molecule has 0 aliphatic rings. The topological polar surface area (TPSA) is 37.3 Å². The molecule has 1 rings (SSSR count). The van der Waals surface area contributed by atoms with Gasteiger partial charge >= 0.3 is 5.97 Å². The first kappa shape index (κ1) is 12.5. The summed E-state index contributed by atoms with van der Waals surface area (Å²) in [6, 6.07) is 8.09. The molecule has 0 bridgehead atoms. The van der Waals surface area contributed by atoms with E-state index in [1.807, 2.05) is 31.2 Å². The second kappa shape index (κ2) is 5.50. The molecule has 1 aromatic rings. The number of allylic oxidation sites excluding steroid dienone is 2. The lowest BCUT2D eigenvalue weighted by molar-refractivity contribution is -0.141. The van der Waals surface area contributed by atoms with Crippen molar-refractivity contribution in [1.29, 1.82) is 0 Å². The van der Waals surface area contributed by atoms with Crippen molar-refractivity contribution in [2.24, 2.45) is 5.92 Å². The van der Waals surface area contributed by atoms with Crippen LogP contribution in [0.2, 0.25) is 0 Å². The van der Waals surface area contributed by atoms with Crippen LogP contribution in [0.15, 0.2) is 30.3 Å². The van der Waals surface area contributed by atoms with Gasteiger partial charge in [-0.3, -0.25) is 4.79 Å². The lowest BCUT2D eigenvalue weighted by atomic mass is 9.98. The van der Waals surface area contributed by atoms with Crippen molar-refractivity contribution < 1.29 is 9.90 Å². The first-order chi connectivity index (χ1) is 7.54. The largest absolute Gasteiger partial charge is 0.481 e. The highest BCUT2D eigenvalue weighted by atomic mass is 16.4. The molecule has 0 heterocycles. The Labute approximate surface area is 96.6 Å². The van der Waals surface area contributed by atoms with Crippen molar-refractivity contribution in [3.63, 3.8) is 0 Å². The number of rotatable bonds is 4. The highest BCUT2D eigenvalue weighted by molar-refractivity contribution is 5.70. The summed E-state index contributed by atoms with van der Waals surface area (Å²) in [5, 5.41) is 8.82. The molecule has 1 aromatic carbocycles. The van der Waals surface area contributed by atoms with E-state index in [1.165, 1.54) is 11.1 Å². The van der Waals surface area contributed by atoms with E-state index in [0.29, 0.717) is 6.42 Å². The van der Waals surface area contributed by atoms with Crippen LogP contribution in [0.3, 0.4) is 0 Å². The third kappa shape index (κ3) is 3.23. The van der Waals surface area contributed by atoms with Crippen LogP contribution in [0.5, 0.6) is 0 Å². The normalized spacial score (nSPS) is 13.6. The first-order valence-electron chi connectivity index (χ1n) is 5.49. The van der Waals surface area contributed by atoms with Crippen LogP contribution in [0.4, 0.5) is 0 Å². The molecule has 0 amide bonds. The van der Waals surface area contributed by atoms with E-state index in [9.17, 15) is 4.79 Å². The van der Waals surface area contributed by atoms with Crippen molar-refractivity contribution in [1.82, 2.24) is 0 Å². The van der Waals surface area contributed by atoms with E-state index in [4.69, 9.17) is 5.11 Å². The van der Waals surface area contributed by atoms with E-state index in [0.717, 1.165) is 5.56 Å². The predicted molar refractivity (Wildman–Crippen MR) is 66.3 cm³/mol. The molecule has 0 aromatic heterocycles. The van der Waals surface area contributed by atoms with Gasteiger partial charge in [0.15, 0.2) is 0 Å². The van der Waals surface area contributed by atoms with Crippen LogP contribution < -0.4 is 0 Å². The Morgan fingerprint density at radius 3 is 2.38 bits per heavy atom. The van der Waals surface area contributed by atoms with Crippen LogP contribution in [0.25, 0.3) is 5.57 Å². The molecule has 0 saturated carbocycles. The highest BCUT2D eigenvalue weighted by Crippen LogP contribution is 2.16. The van der Waals surface area contributed by atoms with Crippen LogP contribution in [-0.4, -0.2) is 11.1 Å². The lowest BCUT2D eigenvalue weighted by Gasteiger charge is -2.07. The van der Waals surface area contributed by atoms with Crippen molar-refractivity contribution in [2.45, 2.75) is 27.2 Å². The van der Waals surface area contributed by atoms with Crippen LogP contribution in [0.1, 0.15) is 31.9 Å². The number of carboxylic acid groups (broad SMARTS) is 1.